The summed E-state index contributed by atoms with van der Waals surface area (Å²) in [4.78, 5) is 0. The Hall–Kier alpha value is -1.00. The summed E-state index contributed by atoms with van der Waals surface area (Å²) in [5.41, 5.74) is 2.05. The lowest BCUT2D eigenvalue weighted by molar-refractivity contribution is 1.09. The summed E-state index contributed by atoms with van der Waals surface area (Å²) >= 11 is 7.33. The molecule has 2 aromatic heterocycles. The Bertz CT molecular complexity index is 407. The van der Waals surface area contributed by atoms with E-state index in [2.05, 4.69) is 15.5 Å². The average Bonchev–Trinajstić information content (AvgIpc) is 2.71. The molecule has 2 aromatic rings. The van der Waals surface area contributed by atoms with E-state index in [1.165, 1.54) is 11.3 Å². The highest BCUT2D eigenvalue weighted by Gasteiger charge is 2.04. The highest BCUT2D eigenvalue weighted by Crippen LogP contribution is 2.28. The molecule has 0 fully saturated rings. The number of thiophene rings is 1. The predicted octanol–water partition coefficient (Wildman–Crippen LogP) is 2.83. The quantitative estimate of drug-likeness (QED) is 0.806. The van der Waals surface area contributed by atoms with Gasteiger partial charge in [0, 0.05) is 24.1 Å². The summed E-state index contributed by atoms with van der Waals surface area (Å²) in [6, 6.07) is 3.86. The van der Waals surface area contributed by atoms with Crippen LogP contribution in [0.2, 0.25) is 4.34 Å². The lowest BCUT2D eigenvalue weighted by Crippen LogP contribution is -1.85. The van der Waals surface area contributed by atoms with Crippen molar-refractivity contribution in [2.45, 2.75) is 0 Å². The molecule has 2 N–H and O–H groups in total. The maximum absolute atomic E-state index is 5.82. The third-order valence-electron chi connectivity index (χ3n) is 1.71. The number of rotatable bonds is 2. The Labute approximate surface area is 84.7 Å². The molecule has 0 radical (unpaired) electrons. The number of nitrogens with zero attached hydrogens (tertiary/aromatic N) is 1. The first-order chi connectivity index (χ1) is 6.29. The number of hydrogen-bond acceptors (Lipinski definition) is 3. The number of anilines is 1. The van der Waals surface area contributed by atoms with E-state index in [0.29, 0.717) is 0 Å². The van der Waals surface area contributed by atoms with Gasteiger partial charge in [0.05, 0.1) is 10.0 Å². The van der Waals surface area contributed by atoms with Gasteiger partial charge in [-0.15, -0.1) is 11.3 Å². The molecule has 0 bridgehead atoms. The summed E-state index contributed by atoms with van der Waals surface area (Å²) < 4.78 is 0.788. The molecule has 0 aliphatic heterocycles. The van der Waals surface area contributed by atoms with E-state index in [1.807, 2.05) is 24.6 Å². The molecule has 2 heterocycles. The van der Waals surface area contributed by atoms with Crippen molar-refractivity contribution in [3.63, 3.8) is 0 Å². The predicted molar refractivity (Wildman–Crippen MR) is 56.5 cm³/mol. The topological polar surface area (TPSA) is 40.7 Å². The first-order valence-corrected chi connectivity index (χ1v) is 5.03. The van der Waals surface area contributed by atoms with Crippen LogP contribution in [0.5, 0.6) is 0 Å². The normalized spacial score (nSPS) is 10.3. The summed E-state index contributed by atoms with van der Waals surface area (Å²) in [6.45, 7) is 0. The number of hydrogen-bond donors (Lipinski definition) is 2. The van der Waals surface area contributed by atoms with Gasteiger partial charge in [-0.05, 0) is 6.07 Å². The zero-order valence-electron chi connectivity index (χ0n) is 6.97. The van der Waals surface area contributed by atoms with Crippen LogP contribution in [0.15, 0.2) is 17.5 Å². The molecule has 0 saturated heterocycles. The van der Waals surface area contributed by atoms with E-state index in [9.17, 15) is 0 Å². The van der Waals surface area contributed by atoms with E-state index in [4.69, 9.17) is 11.6 Å². The van der Waals surface area contributed by atoms with Crippen LogP contribution in [0.3, 0.4) is 0 Å². The fraction of sp³-hybridized carbons (Fsp3) is 0.125. The molecule has 0 saturated carbocycles. The molecule has 0 atom stereocenters. The molecule has 0 aliphatic carbocycles. The van der Waals surface area contributed by atoms with Gasteiger partial charge in [0.1, 0.15) is 5.82 Å². The van der Waals surface area contributed by atoms with Crippen molar-refractivity contribution in [2.24, 2.45) is 0 Å². The Balaban J connectivity index is 2.35. The van der Waals surface area contributed by atoms with Crippen LogP contribution in [-0.4, -0.2) is 17.2 Å². The van der Waals surface area contributed by atoms with E-state index in [0.717, 1.165) is 21.4 Å². The van der Waals surface area contributed by atoms with Gasteiger partial charge in [-0.25, -0.2) is 0 Å². The summed E-state index contributed by atoms with van der Waals surface area (Å²) in [6.07, 6.45) is 0. The van der Waals surface area contributed by atoms with Gasteiger partial charge >= 0.3 is 0 Å². The number of aromatic nitrogens is 2. The molecule has 5 heteroatoms. The maximum atomic E-state index is 5.82. The molecule has 0 aliphatic rings. The van der Waals surface area contributed by atoms with Gasteiger partial charge < -0.3 is 5.32 Å². The van der Waals surface area contributed by atoms with Crippen molar-refractivity contribution in [3.8, 4) is 11.3 Å². The smallest absolute Gasteiger partial charge is 0.148 e. The van der Waals surface area contributed by atoms with Gasteiger partial charge in [0.2, 0.25) is 0 Å². The van der Waals surface area contributed by atoms with Crippen LogP contribution in [0.1, 0.15) is 0 Å². The first-order valence-electron chi connectivity index (χ1n) is 3.77. The van der Waals surface area contributed by atoms with E-state index in [-0.39, 0.29) is 0 Å². The second-order valence-electron chi connectivity index (χ2n) is 2.56. The summed E-state index contributed by atoms with van der Waals surface area (Å²) in [5.74, 6) is 0.831. The standard InChI is InChI=1S/C8H8ClN3S/c1-10-8-3-6(11-12-8)5-2-7(9)13-4-5/h2-4H,1H3,(H2,10,11,12). The average molecular weight is 214 g/mol. The van der Waals surface area contributed by atoms with E-state index in [1.54, 1.807) is 0 Å². The van der Waals surface area contributed by atoms with Crippen molar-refractivity contribution in [1.82, 2.24) is 10.2 Å². The number of nitrogens with one attached hydrogen (secondary N) is 2. The fourth-order valence-corrected chi connectivity index (χ4v) is 1.93. The van der Waals surface area contributed by atoms with E-state index >= 15 is 0 Å². The Morgan fingerprint density at radius 2 is 2.38 bits per heavy atom. The van der Waals surface area contributed by atoms with Gasteiger partial charge in [0.15, 0.2) is 0 Å². The van der Waals surface area contributed by atoms with Gasteiger partial charge in [-0.3, -0.25) is 5.10 Å². The van der Waals surface area contributed by atoms with Crippen LogP contribution in [0.25, 0.3) is 11.3 Å². The zero-order chi connectivity index (χ0) is 9.26. The second-order valence-corrected chi connectivity index (χ2v) is 4.10. The summed E-state index contributed by atoms with van der Waals surface area (Å²) in [7, 11) is 1.83. The van der Waals surface area contributed by atoms with Crippen LogP contribution in [-0.2, 0) is 0 Å². The molecule has 0 aromatic carbocycles. The van der Waals surface area contributed by atoms with Gasteiger partial charge in [0.25, 0.3) is 0 Å². The fourth-order valence-electron chi connectivity index (χ4n) is 1.05. The van der Waals surface area contributed by atoms with Crippen molar-refractivity contribution in [2.75, 3.05) is 12.4 Å². The van der Waals surface area contributed by atoms with Crippen molar-refractivity contribution >= 4 is 28.8 Å². The monoisotopic (exact) mass is 213 g/mol. The lowest BCUT2D eigenvalue weighted by atomic mass is 10.2. The largest absolute Gasteiger partial charge is 0.372 e. The van der Waals surface area contributed by atoms with Crippen LogP contribution < -0.4 is 5.32 Å². The maximum Gasteiger partial charge on any atom is 0.148 e. The minimum absolute atomic E-state index is 0.788. The molecule has 0 unspecified atom stereocenters. The highest BCUT2D eigenvalue weighted by molar-refractivity contribution is 7.14. The van der Waals surface area contributed by atoms with Crippen LogP contribution >= 0.6 is 22.9 Å². The zero-order valence-corrected chi connectivity index (χ0v) is 8.54. The van der Waals surface area contributed by atoms with Crippen molar-refractivity contribution < 1.29 is 0 Å². The van der Waals surface area contributed by atoms with Gasteiger partial charge in [-0.2, -0.15) is 5.10 Å². The molecule has 3 nitrogen and oxygen atoms in total. The first kappa shape index (κ1) is 8.59. The highest BCUT2D eigenvalue weighted by atomic mass is 35.5. The van der Waals surface area contributed by atoms with Crippen molar-refractivity contribution in [3.05, 3.63) is 21.8 Å². The number of H-pyrrole nitrogens is 1. The Morgan fingerprint density at radius 1 is 1.54 bits per heavy atom. The number of aromatic amines is 1. The molecular formula is C8H8ClN3S. The minimum Gasteiger partial charge on any atom is -0.372 e. The summed E-state index contributed by atoms with van der Waals surface area (Å²) in [5, 5.41) is 11.9. The second kappa shape index (κ2) is 3.40. The van der Waals surface area contributed by atoms with Gasteiger partial charge in [-0.1, -0.05) is 11.6 Å². The van der Waals surface area contributed by atoms with E-state index < -0.39 is 0 Å². The lowest BCUT2D eigenvalue weighted by Gasteiger charge is -1.87. The Morgan fingerprint density at radius 3 is 2.92 bits per heavy atom. The molecule has 68 valence electrons. The molecule has 0 amide bonds. The van der Waals surface area contributed by atoms with Crippen LogP contribution in [0, 0.1) is 0 Å². The third-order valence-corrected chi connectivity index (χ3v) is 2.80. The molecule has 2 rings (SSSR count). The van der Waals surface area contributed by atoms with Crippen LogP contribution in [0.4, 0.5) is 5.82 Å². The Kier molecular flexibility index (Phi) is 2.24. The van der Waals surface area contributed by atoms with Crippen molar-refractivity contribution in [1.29, 1.82) is 0 Å². The molecule has 0 spiro atoms. The molecular weight excluding hydrogens is 206 g/mol. The minimum atomic E-state index is 0.788. The SMILES string of the molecule is CNc1cc(-c2csc(Cl)c2)[nH]n1. The number of halogens is 1. The molecule has 13 heavy (non-hydrogen) atoms. The third kappa shape index (κ3) is 1.68.